The fourth-order valence-corrected chi connectivity index (χ4v) is 4.96. The Morgan fingerprint density at radius 2 is 1.80 bits per heavy atom. The first-order chi connectivity index (χ1) is 14.6. The molecule has 0 spiro atoms. The van der Waals surface area contributed by atoms with E-state index in [0.717, 1.165) is 21.7 Å². The van der Waals surface area contributed by atoms with Crippen molar-refractivity contribution in [2.45, 2.75) is 10.1 Å². The zero-order chi connectivity index (χ0) is 20.9. The maximum absolute atomic E-state index is 13.2. The molecule has 1 aromatic heterocycles. The Hall–Kier alpha value is -2.80. The van der Waals surface area contributed by atoms with Gasteiger partial charge in [-0.25, -0.2) is 4.98 Å². The lowest BCUT2D eigenvalue weighted by atomic mass is 10.1. The summed E-state index contributed by atoms with van der Waals surface area (Å²) in [6, 6.07) is 24.7. The molecule has 0 aliphatic heterocycles. The molecule has 0 aliphatic rings. The van der Waals surface area contributed by atoms with E-state index >= 15 is 0 Å². The van der Waals surface area contributed by atoms with Gasteiger partial charge in [-0.05, 0) is 29.8 Å². The SMILES string of the molecule is Nc1cccc(SC(C(=O)Nc2nc(-c3ccccc3Cl)cs2)c2ccccc2)c1. The number of nitrogens with two attached hydrogens (primary N) is 1. The molecule has 0 bridgehead atoms. The Morgan fingerprint density at radius 3 is 2.57 bits per heavy atom. The van der Waals surface area contributed by atoms with E-state index in [1.165, 1.54) is 23.1 Å². The van der Waals surface area contributed by atoms with Gasteiger partial charge in [-0.15, -0.1) is 23.1 Å². The van der Waals surface area contributed by atoms with Gasteiger partial charge in [0.2, 0.25) is 5.91 Å². The van der Waals surface area contributed by atoms with Gasteiger partial charge in [0.1, 0.15) is 5.25 Å². The number of halogens is 1. The van der Waals surface area contributed by atoms with Crippen LogP contribution in [0.25, 0.3) is 11.3 Å². The predicted octanol–water partition coefficient (Wildman–Crippen LogP) is 6.52. The summed E-state index contributed by atoms with van der Waals surface area (Å²) in [6.07, 6.45) is 0. The molecule has 1 heterocycles. The van der Waals surface area contributed by atoms with Crippen molar-refractivity contribution in [1.82, 2.24) is 4.98 Å². The molecule has 0 saturated heterocycles. The second kappa shape index (κ2) is 9.34. The zero-order valence-electron chi connectivity index (χ0n) is 15.8. The second-order valence-corrected chi connectivity index (χ2v) is 8.93. The second-order valence-electron chi connectivity index (χ2n) is 6.49. The summed E-state index contributed by atoms with van der Waals surface area (Å²) in [5.41, 5.74) is 9.06. The Kier molecular flexibility index (Phi) is 6.38. The van der Waals surface area contributed by atoms with Crippen molar-refractivity contribution in [3.8, 4) is 11.3 Å². The van der Waals surface area contributed by atoms with Gasteiger partial charge in [0.15, 0.2) is 5.13 Å². The quantitative estimate of drug-likeness (QED) is 0.258. The number of anilines is 2. The maximum atomic E-state index is 13.2. The Bertz CT molecular complexity index is 1160. The van der Waals surface area contributed by atoms with Crippen molar-refractivity contribution in [1.29, 1.82) is 0 Å². The number of amides is 1. The normalized spacial score (nSPS) is 11.8. The van der Waals surface area contributed by atoms with Crippen LogP contribution in [0.15, 0.2) is 89.1 Å². The molecule has 0 aliphatic carbocycles. The molecular weight excluding hydrogens is 434 g/mol. The molecule has 1 amide bonds. The number of hydrogen-bond acceptors (Lipinski definition) is 5. The van der Waals surface area contributed by atoms with Crippen LogP contribution in [0.2, 0.25) is 5.02 Å². The van der Waals surface area contributed by atoms with Crippen LogP contribution in [-0.4, -0.2) is 10.9 Å². The first kappa shape index (κ1) is 20.5. The number of aromatic nitrogens is 1. The minimum atomic E-state index is -0.444. The number of thioether (sulfide) groups is 1. The molecule has 0 fully saturated rings. The van der Waals surface area contributed by atoms with Gasteiger partial charge in [-0.3, -0.25) is 4.79 Å². The Morgan fingerprint density at radius 1 is 1.03 bits per heavy atom. The summed E-state index contributed by atoms with van der Waals surface area (Å²) >= 11 is 9.10. The van der Waals surface area contributed by atoms with Gasteiger partial charge < -0.3 is 11.1 Å². The number of hydrogen-bond donors (Lipinski definition) is 2. The molecule has 150 valence electrons. The summed E-state index contributed by atoms with van der Waals surface area (Å²) in [6.45, 7) is 0. The molecular formula is C23H18ClN3OS2. The third-order valence-electron chi connectivity index (χ3n) is 4.34. The summed E-state index contributed by atoms with van der Waals surface area (Å²) in [7, 11) is 0. The van der Waals surface area contributed by atoms with Crippen molar-refractivity contribution in [2.24, 2.45) is 0 Å². The van der Waals surface area contributed by atoms with Crippen LogP contribution in [0.5, 0.6) is 0 Å². The number of nitrogen functional groups attached to an aromatic ring is 1. The first-order valence-electron chi connectivity index (χ1n) is 9.18. The average Bonchev–Trinajstić information content (AvgIpc) is 3.21. The smallest absolute Gasteiger partial charge is 0.244 e. The van der Waals surface area contributed by atoms with Gasteiger partial charge >= 0.3 is 0 Å². The highest BCUT2D eigenvalue weighted by molar-refractivity contribution is 8.00. The lowest BCUT2D eigenvalue weighted by Crippen LogP contribution is -2.19. The van der Waals surface area contributed by atoms with Crippen molar-refractivity contribution < 1.29 is 4.79 Å². The molecule has 1 atom stereocenters. The third kappa shape index (κ3) is 4.84. The first-order valence-corrected chi connectivity index (χ1v) is 11.3. The van der Waals surface area contributed by atoms with E-state index in [9.17, 15) is 4.79 Å². The molecule has 0 saturated carbocycles. The number of carbonyl (C=O) groups is 1. The lowest BCUT2D eigenvalue weighted by Gasteiger charge is -2.16. The molecule has 3 N–H and O–H groups in total. The zero-order valence-corrected chi connectivity index (χ0v) is 18.2. The lowest BCUT2D eigenvalue weighted by molar-refractivity contribution is -0.115. The van der Waals surface area contributed by atoms with Gasteiger partial charge in [0, 0.05) is 26.5 Å². The van der Waals surface area contributed by atoms with Crippen LogP contribution in [0, 0.1) is 0 Å². The fourth-order valence-electron chi connectivity index (χ4n) is 2.92. The molecule has 30 heavy (non-hydrogen) atoms. The largest absolute Gasteiger partial charge is 0.399 e. The number of rotatable bonds is 6. The van der Waals surface area contributed by atoms with E-state index in [1.54, 1.807) is 0 Å². The summed E-state index contributed by atoms with van der Waals surface area (Å²) in [5, 5.41) is 5.56. The molecule has 7 heteroatoms. The van der Waals surface area contributed by atoms with Crippen LogP contribution in [0.1, 0.15) is 10.8 Å². The van der Waals surface area contributed by atoms with Crippen molar-refractivity contribution in [2.75, 3.05) is 11.1 Å². The monoisotopic (exact) mass is 451 g/mol. The van der Waals surface area contributed by atoms with E-state index in [2.05, 4.69) is 10.3 Å². The fraction of sp³-hybridized carbons (Fsp3) is 0.0435. The molecule has 4 aromatic rings. The number of thiazole rings is 1. The highest BCUT2D eigenvalue weighted by Gasteiger charge is 2.23. The Labute approximate surface area is 188 Å². The summed E-state index contributed by atoms with van der Waals surface area (Å²) < 4.78 is 0. The highest BCUT2D eigenvalue weighted by Crippen LogP contribution is 2.37. The number of nitrogens with one attached hydrogen (secondary N) is 1. The van der Waals surface area contributed by atoms with E-state index in [0.29, 0.717) is 15.8 Å². The average molecular weight is 452 g/mol. The van der Waals surface area contributed by atoms with Crippen LogP contribution < -0.4 is 11.1 Å². The molecule has 1 unspecified atom stereocenters. The summed E-state index contributed by atoms with van der Waals surface area (Å²) in [5.74, 6) is -0.145. The third-order valence-corrected chi connectivity index (χ3v) is 6.67. The van der Waals surface area contributed by atoms with Gasteiger partial charge in [-0.1, -0.05) is 66.2 Å². The standard InChI is InChI=1S/C23H18ClN3OS2/c24-19-12-5-4-11-18(19)20-14-29-23(26-20)27-22(28)21(15-7-2-1-3-8-15)30-17-10-6-9-16(25)13-17/h1-14,21H,25H2,(H,26,27,28). The van der Waals surface area contributed by atoms with E-state index < -0.39 is 5.25 Å². The van der Waals surface area contributed by atoms with Crippen LogP contribution in [0.3, 0.4) is 0 Å². The van der Waals surface area contributed by atoms with Gasteiger partial charge in [-0.2, -0.15) is 0 Å². The molecule has 3 aromatic carbocycles. The van der Waals surface area contributed by atoms with Gasteiger partial charge in [0.25, 0.3) is 0 Å². The highest BCUT2D eigenvalue weighted by atomic mass is 35.5. The van der Waals surface area contributed by atoms with E-state index in [4.69, 9.17) is 17.3 Å². The van der Waals surface area contributed by atoms with Gasteiger partial charge in [0.05, 0.1) is 5.69 Å². The van der Waals surface area contributed by atoms with Crippen molar-refractivity contribution in [3.63, 3.8) is 0 Å². The van der Waals surface area contributed by atoms with Crippen molar-refractivity contribution >= 4 is 51.4 Å². The molecule has 0 radical (unpaired) electrons. The number of benzene rings is 3. The summed E-state index contributed by atoms with van der Waals surface area (Å²) in [4.78, 5) is 18.7. The molecule has 4 nitrogen and oxygen atoms in total. The minimum absolute atomic E-state index is 0.145. The van der Waals surface area contributed by atoms with Crippen LogP contribution in [0.4, 0.5) is 10.8 Å². The van der Waals surface area contributed by atoms with Crippen molar-refractivity contribution in [3.05, 3.63) is 94.8 Å². The minimum Gasteiger partial charge on any atom is -0.399 e. The topological polar surface area (TPSA) is 68.0 Å². The number of nitrogens with zero attached hydrogens (tertiary/aromatic N) is 1. The van der Waals surface area contributed by atoms with Crippen LogP contribution in [-0.2, 0) is 4.79 Å². The number of carbonyl (C=O) groups excluding carboxylic acids is 1. The molecule has 4 rings (SSSR count). The predicted molar refractivity (Wildman–Crippen MR) is 127 cm³/mol. The maximum Gasteiger partial charge on any atom is 0.244 e. The Balaban J connectivity index is 1.57. The van der Waals surface area contributed by atoms with Crippen LogP contribution >= 0.6 is 34.7 Å². The van der Waals surface area contributed by atoms with E-state index in [-0.39, 0.29) is 5.91 Å². The van der Waals surface area contributed by atoms with E-state index in [1.807, 2.05) is 84.2 Å².